The molecule has 17 aromatic rings. The first-order valence-electron chi connectivity index (χ1n) is 37.9. The second-order valence-corrected chi connectivity index (χ2v) is 43.3. The predicted octanol–water partition coefficient (Wildman–Crippen LogP) is 10.2. The number of anilines is 2. The van der Waals surface area contributed by atoms with Gasteiger partial charge in [0.2, 0.25) is 6.71 Å². The Balaban J connectivity index is 0.0000000941. The summed E-state index contributed by atoms with van der Waals surface area (Å²) < 4.78 is 7.64. The van der Waals surface area contributed by atoms with Crippen molar-refractivity contribution in [1.82, 2.24) is 13.7 Å². The Hall–Kier alpha value is -10.3. The van der Waals surface area contributed by atoms with Crippen LogP contribution < -0.4 is 69.9 Å². The molecule has 8 saturated heterocycles. The number of hydrogen-bond donors (Lipinski definition) is 2. The molecule has 11 aliphatic heterocycles. The fraction of sp³-hybridized carbons (Fsp3) is 0.0118. The maximum absolute atomic E-state index is 4.33. The van der Waals surface area contributed by atoms with Crippen LogP contribution in [0.15, 0.2) is 334 Å². The van der Waals surface area contributed by atoms with Crippen molar-refractivity contribution >= 4 is 221 Å². The quantitative estimate of drug-likeness (QED) is 0.112. The van der Waals surface area contributed by atoms with E-state index in [1.807, 2.05) is 0 Å². The normalized spacial score (nSPS) is 17.5. The number of benzene rings is 14. The van der Waals surface area contributed by atoms with Crippen molar-refractivity contribution in [3.05, 3.63) is 339 Å². The molecule has 28 rings (SSSR count). The Bertz CT molecular complexity index is 6520. The summed E-state index contributed by atoms with van der Waals surface area (Å²) in [5, 5.41) is 20.5. The van der Waals surface area contributed by atoms with Gasteiger partial charge in [-0.15, -0.1) is 0 Å². The topological polar surface area (TPSA) is 38.9 Å². The van der Waals surface area contributed by atoms with Gasteiger partial charge in [-0.05, 0) is 29.5 Å². The van der Waals surface area contributed by atoms with Crippen LogP contribution in [0, 0.1) is 6.92 Å². The third-order valence-electron chi connectivity index (χ3n) is 28.6. The first kappa shape index (κ1) is 58.2. The summed E-state index contributed by atoms with van der Waals surface area (Å²) in [7, 11) is 0.414. The first-order valence-corrected chi connectivity index (χ1v) is 42.8. The van der Waals surface area contributed by atoms with Gasteiger partial charge >= 0.3 is 449 Å². The summed E-state index contributed by atoms with van der Waals surface area (Å²) in [6.45, 7) is 2.97. The van der Waals surface area contributed by atoms with Gasteiger partial charge in [-0.2, -0.15) is 0 Å². The number of rotatable bonds is 9. The Morgan fingerprint density at radius 2 is 0.680 bits per heavy atom. The predicted molar refractivity (Wildman–Crippen MR) is 465 cm³/mol. The van der Waals surface area contributed by atoms with Gasteiger partial charge in [-0.3, -0.25) is 0 Å². The molecule has 0 amide bonds. The molecule has 0 radical (unpaired) electrons. The standard InChI is InChI=1S/2C30H23B5N2P.C25H18BN/c1-3-11-21(12-4-1)32-26-16-8-10-18-29(26)37-28-17-9-7-15-24(28)25-19-23(20-27(32)30(25)37)38(33-31-34(38)35(33)38)36-22-13-5-2-6-14-22;1-3-11-21(12-4-1)32-24-16-8-10-18-27(24)37-26-17-9-7-15-23(26)29-28(20-19-25(32)30(29)37)38(33-31-34(38)35(33)38)36-22-13-5-2-6-14-22;1-17-9-7-12-19-20-13-8-15-22-25(20)27(24(17)19)23-16-6-5-14-21(23)26(22)18-10-3-2-4-11-18/h2*1-20,36H,31H2;2-16H,1H3/q2*-1;. The number of hydrogen-bond acceptors (Lipinski definition) is 2. The van der Waals surface area contributed by atoms with Crippen molar-refractivity contribution in [2.45, 2.75) is 6.92 Å². The third-order valence-corrected chi connectivity index (χ3v) is 45.5. The van der Waals surface area contributed by atoms with Crippen molar-refractivity contribution in [3.8, 4) is 17.1 Å². The third kappa shape index (κ3) is 7.12. The Labute approximate surface area is 603 Å². The molecule has 0 unspecified atom stereocenters. The minimum absolute atomic E-state index is 0.202. The number of aryl methyl sites for hydroxylation is 1. The van der Waals surface area contributed by atoms with Gasteiger partial charge in [0.25, 0.3) is 0 Å². The number of fused-ring (bicyclic) bond motifs is 15. The van der Waals surface area contributed by atoms with E-state index in [1.165, 1.54) is 149 Å². The maximum atomic E-state index is 4.33. The number of aromatic nitrogens is 3. The number of nitrogens with one attached hydrogen (secondary N) is 2. The van der Waals surface area contributed by atoms with E-state index in [9.17, 15) is 0 Å². The van der Waals surface area contributed by atoms with Crippen LogP contribution >= 0.6 is 12.8 Å². The summed E-state index contributed by atoms with van der Waals surface area (Å²) >= 11 is 0. The van der Waals surface area contributed by atoms with Crippen LogP contribution in [0.3, 0.4) is 0 Å². The van der Waals surface area contributed by atoms with E-state index in [0.29, 0.717) is 0 Å². The Morgan fingerprint density at radius 3 is 1.21 bits per heavy atom. The molecule has 2 N–H and O–H groups in total. The van der Waals surface area contributed by atoms with Crippen molar-refractivity contribution in [3.63, 3.8) is 0 Å². The second-order valence-electron chi connectivity index (χ2n) is 32.0. The van der Waals surface area contributed by atoms with E-state index in [-0.39, 0.29) is 34.3 Å². The summed E-state index contributed by atoms with van der Waals surface area (Å²) in [5.41, 5.74) is 28.8. The summed E-state index contributed by atoms with van der Waals surface area (Å²) in [5.74, 6) is 0. The van der Waals surface area contributed by atoms with Crippen LogP contribution in [-0.4, -0.2) is 85.2 Å². The summed E-state index contributed by atoms with van der Waals surface area (Å²) in [4.78, 5) is 0. The summed E-state index contributed by atoms with van der Waals surface area (Å²) in [6, 6.07) is 125. The molecule has 8 fully saturated rings. The van der Waals surface area contributed by atoms with E-state index in [4.69, 9.17) is 0 Å². The van der Waals surface area contributed by atoms with Gasteiger partial charge in [0.15, 0.2) is 0 Å². The molecule has 14 aromatic carbocycles. The zero-order chi connectivity index (χ0) is 67.3. The van der Waals surface area contributed by atoms with Gasteiger partial charge in [0.05, 0.1) is 5.52 Å². The van der Waals surface area contributed by atoms with E-state index in [1.54, 1.807) is 10.6 Å². The molecule has 5 nitrogen and oxygen atoms in total. The van der Waals surface area contributed by atoms with Crippen LogP contribution in [0.4, 0.5) is 11.4 Å². The fourth-order valence-corrected chi connectivity index (χ4v) is 44.8. The zero-order valence-corrected chi connectivity index (χ0v) is 59.5. The molecule has 3 aromatic heterocycles. The Morgan fingerprint density at radius 1 is 0.291 bits per heavy atom. The van der Waals surface area contributed by atoms with Crippen molar-refractivity contribution in [1.29, 1.82) is 0 Å². The minimum atomic E-state index is -2.10. The molecule has 0 spiro atoms. The molecular formula is C85H64B11N5P2-2. The monoisotopic (exact) mass is 1340 g/mol. The number of para-hydroxylation sites is 9. The van der Waals surface area contributed by atoms with Gasteiger partial charge in [0, 0.05) is 22.0 Å². The molecule has 0 saturated carbocycles. The van der Waals surface area contributed by atoms with Crippen molar-refractivity contribution < 1.29 is 0 Å². The van der Waals surface area contributed by atoms with Gasteiger partial charge in [-0.25, -0.2) is 0 Å². The molecule has 11 aliphatic rings. The molecule has 0 aliphatic carbocycles. The van der Waals surface area contributed by atoms with E-state index in [0.717, 1.165) is 37.3 Å². The SMILES string of the molecule is Cc1cccc2c3cccc4c3n(c12)-c1ccccc1B4c1ccccc1.[BH2-]1B2B3B1P23(Nc1ccccc1)c1cc2c3c(c1)c1ccccc1n3-c1ccccc1B2c1ccccc1.[BH2-]1B2B3B1P23(Nc1ccccc1)c1ccc2c3c1c1ccccc1n3-c1ccccc1B2c1ccccc1. The Kier molecular flexibility index (Phi) is 11.6. The van der Waals surface area contributed by atoms with Crippen LogP contribution in [0.2, 0.25) is 0 Å². The van der Waals surface area contributed by atoms with Crippen molar-refractivity contribution in [2.24, 2.45) is 0 Å². The van der Waals surface area contributed by atoms with Crippen LogP contribution in [0.1, 0.15) is 5.56 Å². The molecular weight excluding hydrogens is 1270 g/mol. The zero-order valence-electron chi connectivity index (χ0n) is 57.7. The van der Waals surface area contributed by atoms with E-state index < -0.39 is 12.8 Å². The second kappa shape index (κ2) is 20.5. The molecule has 18 heteroatoms. The van der Waals surface area contributed by atoms with Crippen LogP contribution in [0.5, 0.6) is 0 Å². The van der Waals surface area contributed by atoms with Gasteiger partial charge in [-0.1, -0.05) is 90.4 Å². The molecule has 14 heterocycles. The average molecular weight is 1340 g/mol. The van der Waals surface area contributed by atoms with Crippen LogP contribution in [-0.2, 0) is 0 Å². The van der Waals surface area contributed by atoms with Crippen LogP contribution in [0.25, 0.3) is 82.5 Å². The average Bonchev–Trinajstić information content (AvgIpc) is 1.36. The van der Waals surface area contributed by atoms with E-state index >= 15 is 0 Å². The van der Waals surface area contributed by atoms with Crippen molar-refractivity contribution in [2.75, 3.05) is 10.2 Å². The number of nitrogens with zero attached hydrogens (tertiary/aromatic N) is 3. The van der Waals surface area contributed by atoms with Gasteiger partial charge < -0.3 is 4.57 Å². The first-order chi connectivity index (χ1) is 51.0. The molecule has 4 bridgehead atoms. The molecule has 0 atom stereocenters. The summed E-state index contributed by atoms with van der Waals surface area (Å²) in [6.07, 6.45) is 1.79. The molecule has 103 heavy (non-hydrogen) atoms. The van der Waals surface area contributed by atoms with Gasteiger partial charge in [0.1, 0.15) is 0 Å². The molecule has 474 valence electrons. The van der Waals surface area contributed by atoms with E-state index in [2.05, 4.69) is 364 Å². The fourth-order valence-electron chi connectivity index (χ4n) is 24.3.